The Kier molecular flexibility index (Phi) is 7.67. The summed E-state index contributed by atoms with van der Waals surface area (Å²) in [6.07, 6.45) is 4.39. The molecule has 1 rings (SSSR count). The summed E-state index contributed by atoms with van der Waals surface area (Å²) in [5.41, 5.74) is 1.03. The molecule has 1 atom stereocenters. The van der Waals surface area contributed by atoms with Crippen molar-refractivity contribution < 1.29 is 0 Å². The third-order valence-electron chi connectivity index (χ3n) is 3.56. The van der Waals surface area contributed by atoms with E-state index < -0.39 is 0 Å². The molecule has 5 heteroatoms. The lowest BCUT2D eigenvalue weighted by atomic mass is 10.2. The molecule has 0 saturated carbocycles. The first-order valence-electron chi connectivity index (χ1n) is 7.54. The Labute approximate surface area is 117 Å². The van der Waals surface area contributed by atoms with E-state index in [0.717, 1.165) is 44.8 Å². The zero-order valence-electron chi connectivity index (χ0n) is 12.9. The van der Waals surface area contributed by atoms with Gasteiger partial charge in [-0.3, -0.25) is 9.58 Å². The first-order chi connectivity index (χ1) is 9.21. The maximum atomic E-state index is 4.19. The van der Waals surface area contributed by atoms with E-state index in [9.17, 15) is 0 Å². The average molecular weight is 267 g/mol. The molecule has 1 heterocycles. The zero-order chi connectivity index (χ0) is 14.1. The quantitative estimate of drug-likeness (QED) is 0.658. The summed E-state index contributed by atoms with van der Waals surface area (Å²) in [6, 6.07) is 0.638. The maximum absolute atomic E-state index is 4.19. The highest BCUT2D eigenvalue weighted by Crippen LogP contribution is 2.03. The van der Waals surface area contributed by atoms with Gasteiger partial charge in [0.25, 0.3) is 0 Å². The molecular weight excluding hydrogens is 238 g/mol. The van der Waals surface area contributed by atoms with Crippen molar-refractivity contribution >= 4 is 0 Å². The third kappa shape index (κ3) is 5.70. The number of rotatable bonds is 10. The van der Waals surface area contributed by atoms with E-state index in [-0.39, 0.29) is 0 Å². The minimum absolute atomic E-state index is 0.638. The van der Waals surface area contributed by atoms with Crippen LogP contribution >= 0.6 is 0 Å². The van der Waals surface area contributed by atoms with Crippen LogP contribution in [0.4, 0.5) is 0 Å². The lowest BCUT2D eigenvalue weighted by Crippen LogP contribution is -2.35. The second kappa shape index (κ2) is 9.04. The highest BCUT2D eigenvalue weighted by Gasteiger charge is 2.10. The predicted octanol–water partition coefficient (Wildman–Crippen LogP) is 1.90. The SMILES string of the molecule is CCCNCc1cn(CCN(CC)C(C)CC)nn1. The molecule has 1 N–H and O–H groups in total. The van der Waals surface area contributed by atoms with Crippen molar-refractivity contribution in [2.45, 2.75) is 59.7 Å². The molecule has 1 aromatic heterocycles. The van der Waals surface area contributed by atoms with Crippen LogP contribution in [0.1, 0.15) is 46.2 Å². The van der Waals surface area contributed by atoms with Crippen LogP contribution in [0.25, 0.3) is 0 Å². The molecule has 0 aliphatic carbocycles. The molecule has 0 fully saturated rings. The highest BCUT2D eigenvalue weighted by atomic mass is 15.4. The normalized spacial score (nSPS) is 13.1. The lowest BCUT2D eigenvalue weighted by Gasteiger charge is -2.26. The Hall–Kier alpha value is -0.940. The molecule has 19 heavy (non-hydrogen) atoms. The van der Waals surface area contributed by atoms with E-state index in [1.807, 2.05) is 10.9 Å². The van der Waals surface area contributed by atoms with Crippen LogP contribution in [0.15, 0.2) is 6.20 Å². The van der Waals surface area contributed by atoms with Gasteiger partial charge in [-0.25, -0.2) is 0 Å². The predicted molar refractivity (Wildman–Crippen MR) is 79.0 cm³/mol. The summed E-state index contributed by atoms with van der Waals surface area (Å²) < 4.78 is 1.95. The fraction of sp³-hybridized carbons (Fsp3) is 0.857. The first-order valence-corrected chi connectivity index (χ1v) is 7.54. The zero-order valence-corrected chi connectivity index (χ0v) is 12.9. The smallest absolute Gasteiger partial charge is 0.0964 e. The van der Waals surface area contributed by atoms with Crippen LogP contribution in [0.2, 0.25) is 0 Å². The second-order valence-corrected chi connectivity index (χ2v) is 5.04. The number of hydrogen-bond donors (Lipinski definition) is 1. The van der Waals surface area contributed by atoms with Gasteiger partial charge in [-0.15, -0.1) is 5.10 Å². The molecule has 1 aromatic rings. The van der Waals surface area contributed by atoms with Crippen LogP contribution < -0.4 is 5.32 Å². The van der Waals surface area contributed by atoms with Gasteiger partial charge in [0.15, 0.2) is 0 Å². The Morgan fingerprint density at radius 2 is 2.16 bits per heavy atom. The molecule has 0 bridgehead atoms. The largest absolute Gasteiger partial charge is 0.311 e. The molecule has 0 aliphatic rings. The van der Waals surface area contributed by atoms with E-state index in [4.69, 9.17) is 0 Å². The summed E-state index contributed by atoms with van der Waals surface area (Å²) in [4.78, 5) is 2.48. The first kappa shape index (κ1) is 16.1. The summed E-state index contributed by atoms with van der Waals surface area (Å²) in [5.74, 6) is 0. The molecular formula is C14H29N5. The van der Waals surface area contributed by atoms with Crippen molar-refractivity contribution in [3.05, 3.63) is 11.9 Å². The number of nitrogens with one attached hydrogen (secondary N) is 1. The van der Waals surface area contributed by atoms with Crippen molar-refractivity contribution in [1.29, 1.82) is 0 Å². The Balaban J connectivity index is 2.36. The fourth-order valence-corrected chi connectivity index (χ4v) is 2.10. The van der Waals surface area contributed by atoms with E-state index >= 15 is 0 Å². The Bertz CT molecular complexity index is 336. The number of aromatic nitrogens is 3. The van der Waals surface area contributed by atoms with Crippen LogP contribution in [0, 0.1) is 0 Å². The molecule has 110 valence electrons. The molecule has 0 amide bonds. The topological polar surface area (TPSA) is 46.0 Å². The fourth-order valence-electron chi connectivity index (χ4n) is 2.10. The maximum Gasteiger partial charge on any atom is 0.0964 e. The second-order valence-electron chi connectivity index (χ2n) is 5.04. The molecule has 0 saturated heterocycles. The van der Waals surface area contributed by atoms with Crippen LogP contribution in [0.5, 0.6) is 0 Å². The van der Waals surface area contributed by atoms with Gasteiger partial charge < -0.3 is 5.32 Å². The lowest BCUT2D eigenvalue weighted by molar-refractivity contribution is 0.203. The van der Waals surface area contributed by atoms with Crippen molar-refractivity contribution in [3.63, 3.8) is 0 Å². The van der Waals surface area contributed by atoms with Crippen LogP contribution in [-0.2, 0) is 13.1 Å². The highest BCUT2D eigenvalue weighted by molar-refractivity contribution is 4.91. The average Bonchev–Trinajstić information content (AvgIpc) is 2.87. The summed E-state index contributed by atoms with van der Waals surface area (Å²) in [7, 11) is 0. The molecule has 0 radical (unpaired) electrons. The summed E-state index contributed by atoms with van der Waals surface area (Å²) >= 11 is 0. The van der Waals surface area contributed by atoms with Crippen LogP contribution in [-0.4, -0.2) is 45.6 Å². The van der Waals surface area contributed by atoms with Gasteiger partial charge in [0.1, 0.15) is 0 Å². The van der Waals surface area contributed by atoms with E-state index in [2.05, 4.69) is 48.2 Å². The molecule has 5 nitrogen and oxygen atoms in total. The van der Waals surface area contributed by atoms with E-state index in [1.54, 1.807) is 0 Å². The monoisotopic (exact) mass is 267 g/mol. The number of hydrogen-bond acceptors (Lipinski definition) is 4. The Morgan fingerprint density at radius 1 is 1.37 bits per heavy atom. The molecule has 0 aliphatic heterocycles. The van der Waals surface area contributed by atoms with Gasteiger partial charge in [-0.1, -0.05) is 26.0 Å². The van der Waals surface area contributed by atoms with E-state index in [1.165, 1.54) is 6.42 Å². The standard InChI is InChI=1S/C14H29N5/c1-5-8-15-11-14-12-19(17-16-14)10-9-18(7-3)13(4)6-2/h12-13,15H,5-11H2,1-4H3. The van der Waals surface area contributed by atoms with Gasteiger partial charge in [-0.2, -0.15) is 0 Å². The van der Waals surface area contributed by atoms with Crippen molar-refractivity contribution in [1.82, 2.24) is 25.2 Å². The van der Waals surface area contributed by atoms with Crippen LogP contribution in [0.3, 0.4) is 0 Å². The molecule has 0 spiro atoms. The molecule has 0 aromatic carbocycles. The van der Waals surface area contributed by atoms with Gasteiger partial charge in [-0.05, 0) is 32.9 Å². The minimum atomic E-state index is 0.638. The van der Waals surface area contributed by atoms with E-state index in [0.29, 0.717) is 6.04 Å². The minimum Gasteiger partial charge on any atom is -0.311 e. The van der Waals surface area contributed by atoms with Gasteiger partial charge in [0, 0.05) is 25.3 Å². The van der Waals surface area contributed by atoms with Crippen molar-refractivity contribution in [3.8, 4) is 0 Å². The van der Waals surface area contributed by atoms with Crippen molar-refractivity contribution in [2.24, 2.45) is 0 Å². The molecule has 1 unspecified atom stereocenters. The number of likely N-dealkylation sites (N-methyl/N-ethyl adjacent to an activating group) is 1. The van der Waals surface area contributed by atoms with Gasteiger partial charge in [0.05, 0.1) is 12.2 Å². The van der Waals surface area contributed by atoms with Gasteiger partial charge in [0.2, 0.25) is 0 Å². The van der Waals surface area contributed by atoms with Crippen molar-refractivity contribution in [2.75, 3.05) is 19.6 Å². The van der Waals surface area contributed by atoms with Gasteiger partial charge >= 0.3 is 0 Å². The summed E-state index contributed by atoms with van der Waals surface area (Å²) in [6.45, 7) is 13.8. The summed E-state index contributed by atoms with van der Waals surface area (Å²) in [5, 5.41) is 11.7. The third-order valence-corrected chi connectivity index (χ3v) is 3.56. The number of nitrogens with zero attached hydrogens (tertiary/aromatic N) is 4. The Morgan fingerprint density at radius 3 is 2.79 bits per heavy atom.